The Labute approximate surface area is 129 Å². The first-order valence-electron chi connectivity index (χ1n) is 7.56. The molecule has 22 heavy (non-hydrogen) atoms. The second-order valence-electron chi connectivity index (χ2n) is 5.76. The van der Waals surface area contributed by atoms with Crippen molar-refractivity contribution < 1.29 is 4.79 Å². The summed E-state index contributed by atoms with van der Waals surface area (Å²) in [6.45, 7) is 1.69. The van der Waals surface area contributed by atoms with Crippen molar-refractivity contribution >= 4 is 11.7 Å². The second kappa shape index (κ2) is 5.89. The van der Waals surface area contributed by atoms with Gasteiger partial charge in [0, 0.05) is 63.5 Å². The van der Waals surface area contributed by atoms with Crippen LogP contribution in [0.2, 0.25) is 0 Å². The topological polar surface area (TPSA) is 83.7 Å². The van der Waals surface area contributed by atoms with Gasteiger partial charge in [0.2, 0.25) is 5.91 Å². The highest BCUT2D eigenvalue weighted by Crippen LogP contribution is 2.37. The molecule has 0 bridgehead atoms. The molecule has 0 aromatic carbocycles. The maximum absolute atomic E-state index is 12.2. The van der Waals surface area contributed by atoms with E-state index in [0.29, 0.717) is 25.1 Å². The van der Waals surface area contributed by atoms with Gasteiger partial charge < -0.3 is 10.6 Å². The van der Waals surface area contributed by atoms with Crippen molar-refractivity contribution in [1.29, 1.82) is 0 Å². The molecule has 1 aromatic rings. The number of fused-ring (bicyclic) bond motifs is 1. The Balaban J connectivity index is 1.56. The summed E-state index contributed by atoms with van der Waals surface area (Å²) >= 11 is 0. The van der Waals surface area contributed by atoms with Gasteiger partial charge in [0.25, 0.3) is 0 Å². The Bertz CT molecular complexity index is 648. The van der Waals surface area contributed by atoms with Gasteiger partial charge in [0.05, 0.1) is 0 Å². The highest BCUT2D eigenvalue weighted by Gasteiger charge is 2.39. The first-order chi connectivity index (χ1) is 10.6. The van der Waals surface area contributed by atoms with E-state index in [1.165, 1.54) is 5.69 Å². The molecule has 0 radical (unpaired) electrons. The summed E-state index contributed by atoms with van der Waals surface area (Å²) in [5, 5.41) is 18.7. The second-order valence-corrected chi connectivity index (χ2v) is 5.76. The number of terminal acetylenes is 1. The lowest BCUT2D eigenvalue weighted by Gasteiger charge is -2.14. The number of carbonyl (C=O) groups is 1. The van der Waals surface area contributed by atoms with Gasteiger partial charge in [0.1, 0.15) is 0 Å². The number of anilines is 1. The predicted octanol–water partition coefficient (Wildman–Crippen LogP) is 1.36. The van der Waals surface area contributed by atoms with Gasteiger partial charge in [0.15, 0.2) is 11.5 Å². The molecule has 3 rings (SSSR count). The van der Waals surface area contributed by atoms with Crippen molar-refractivity contribution in [2.24, 2.45) is 17.3 Å². The third kappa shape index (κ3) is 3.02. The number of hydrogen-bond acceptors (Lipinski definition) is 5. The summed E-state index contributed by atoms with van der Waals surface area (Å²) in [6, 6.07) is 0. The molecule has 2 aliphatic heterocycles. The largest absolute Gasteiger partial charge is 0.312 e. The zero-order valence-electron chi connectivity index (χ0n) is 12.7. The van der Waals surface area contributed by atoms with Crippen LogP contribution in [0.1, 0.15) is 36.9 Å². The fraction of sp³-hybridized carbons (Fsp3) is 0.600. The average Bonchev–Trinajstić information content (AvgIpc) is 3.24. The molecule has 2 N–H and O–H groups in total. The van der Waals surface area contributed by atoms with E-state index in [9.17, 15) is 4.79 Å². The summed E-state index contributed by atoms with van der Waals surface area (Å²) in [5.41, 5.74) is 1.87. The van der Waals surface area contributed by atoms with Gasteiger partial charge in [-0.1, -0.05) is 0 Å². The fourth-order valence-corrected chi connectivity index (χ4v) is 2.80. The molecule has 0 saturated carbocycles. The molecule has 0 aliphatic carbocycles. The highest BCUT2D eigenvalue weighted by atomic mass is 16.1. The van der Waals surface area contributed by atoms with E-state index < -0.39 is 5.66 Å². The van der Waals surface area contributed by atoms with Crippen LogP contribution in [-0.4, -0.2) is 27.9 Å². The zero-order chi connectivity index (χ0) is 15.6. The van der Waals surface area contributed by atoms with Crippen LogP contribution in [0.25, 0.3) is 0 Å². The van der Waals surface area contributed by atoms with Crippen molar-refractivity contribution in [3.63, 3.8) is 0 Å². The average molecular weight is 300 g/mol. The molecule has 0 unspecified atom stereocenters. The first kappa shape index (κ1) is 14.7. The molecule has 1 aromatic heterocycles. The summed E-state index contributed by atoms with van der Waals surface area (Å²) in [6.07, 6.45) is 8.52. The predicted molar refractivity (Wildman–Crippen MR) is 82.1 cm³/mol. The molecule has 7 nitrogen and oxygen atoms in total. The molecule has 7 heteroatoms. The van der Waals surface area contributed by atoms with E-state index in [4.69, 9.17) is 6.42 Å². The first-order valence-corrected chi connectivity index (χ1v) is 7.56. The minimum absolute atomic E-state index is 0.0520. The van der Waals surface area contributed by atoms with E-state index >= 15 is 0 Å². The van der Waals surface area contributed by atoms with E-state index in [0.717, 1.165) is 31.5 Å². The van der Waals surface area contributed by atoms with Crippen molar-refractivity contribution in [1.82, 2.24) is 15.1 Å². The summed E-state index contributed by atoms with van der Waals surface area (Å²) in [7, 11) is 1.91. The third-order valence-electron chi connectivity index (χ3n) is 4.18. The number of amides is 1. The Kier molecular flexibility index (Phi) is 3.94. The smallest absolute Gasteiger partial charge is 0.225 e. The summed E-state index contributed by atoms with van der Waals surface area (Å²) in [4.78, 5) is 12.2. The molecule has 116 valence electrons. The molecule has 2 aliphatic rings. The van der Waals surface area contributed by atoms with Crippen molar-refractivity contribution in [3.05, 3.63) is 11.3 Å². The van der Waals surface area contributed by atoms with Gasteiger partial charge in [-0.25, -0.2) is 0 Å². The lowest BCUT2D eigenvalue weighted by atomic mass is 10.0. The van der Waals surface area contributed by atoms with Crippen molar-refractivity contribution in [2.45, 2.75) is 44.3 Å². The summed E-state index contributed by atoms with van der Waals surface area (Å²) < 4.78 is 1.85. The number of rotatable bonds is 6. The number of aromatic nitrogens is 2. The highest BCUT2D eigenvalue weighted by molar-refractivity contribution is 5.90. The number of nitrogens with one attached hydrogen (secondary N) is 2. The molecule has 0 saturated heterocycles. The maximum atomic E-state index is 12.2. The number of hydrogen-bond donors (Lipinski definition) is 2. The lowest BCUT2D eigenvalue weighted by molar-refractivity contribution is -0.116. The molecular formula is C15H20N6O. The van der Waals surface area contributed by atoms with Gasteiger partial charge in [-0.3, -0.25) is 9.48 Å². The Morgan fingerprint density at radius 1 is 1.50 bits per heavy atom. The molecule has 0 fully saturated rings. The normalized spacial score (nSPS) is 17.6. The molecule has 1 amide bonds. The van der Waals surface area contributed by atoms with Crippen LogP contribution in [-0.2, 0) is 24.8 Å². The third-order valence-corrected chi connectivity index (χ3v) is 4.18. The monoisotopic (exact) mass is 300 g/mol. The number of aryl methyl sites for hydroxylation is 1. The van der Waals surface area contributed by atoms with Crippen LogP contribution in [0.4, 0.5) is 5.82 Å². The minimum atomic E-state index is -0.408. The minimum Gasteiger partial charge on any atom is -0.312 e. The van der Waals surface area contributed by atoms with E-state index in [2.05, 4.69) is 31.9 Å². The molecule has 0 atom stereocenters. The Morgan fingerprint density at radius 2 is 2.32 bits per heavy atom. The summed E-state index contributed by atoms with van der Waals surface area (Å²) in [5.74, 6) is 3.20. The van der Waals surface area contributed by atoms with E-state index in [1.54, 1.807) is 0 Å². The standard InChI is InChI=1S/C15H20N6O/c1-3-4-7-15(19-20-15)8-5-13(22)17-14-11-10-16-9-6-12(11)21(2)18-14/h1,16H,4-10H2,2H3,(H,17,18,22). The zero-order valence-corrected chi connectivity index (χ0v) is 12.7. The fourth-order valence-electron chi connectivity index (χ4n) is 2.80. The van der Waals surface area contributed by atoms with Crippen LogP contribution in [0.3, 0.4) is 0 Å². The van der Waals surface area contributed by atoms with E-state index in [1.807, 2.05) is 11.7 Å². The lowest BCUT2D eigenvalue weighted by Crippen LogP contribution is -2.25. The van der Waals surface area contributed by atoms with Gasteiger partial charge in [-0.05, 0) is 0 Å². The number of nitrogens with zero attached hydrogens (tertiary/aromatic N) is 4. The van der Waals surface area contributed by atoms with Crippen LogP contribution in [0, 0.1) is 12.3 Å². The van der Waals surface area contributed by atoms with Gasteiger partial charge in [-0.2, -0.15) is 15.3 Å². The van der Waals surface area contributed by atoms with Crippen LogP contribution >= 0.6 is 0 Å². The Hall–Kier alpha value is -2.20. The van der Waals surface area contributed by atoms with Gasteiger partial charge >= 0.3 is 0 Å². The van der Waals surface area contributed by atoms with Gasteiger partial charge in [-0.15, -0.1) is 12.3 Å². The number of carbonyl (C=O) groups excluding carboxylic acids is 1. The maximum Gasteiger partial charge on any atom is 0.225 e. The molecule has 3 heterocycles. The van der Waals surface area contributed by atoms with Crippen LogP contribution in [0.5, 0.6) is 0 Å². The van der Waals surface area contributed by atoms with E-state index in [-0.39, 0.29) is 5.91 Å². The van der Waals surface area contributed by atoms with Crippen molar-refractivity contribution in [2.75, 3.05) is 11.9 Å². The van der Waals surface area contributed by atoms with Crippen LogP contribution < -0.4 is 10.6 Å². The quantitative estimate of drug-likeness (QED) is 0.778. The van der Waals surface area contributed by atoms with Crippen LogP contribution in [0.15, 0.2) is 10.2 Å². The van der Waals surface area contributed by atoms with Crippen molar-refractivity contribution in [3.8, 4) is 12.3 Å². The SMILES string of the molecule is C#CCCC1(CCC(=O)Nc2nn(C)c3c2CNCC3)N=N1. The Morgan fingerprint density at radius 3 is 3.05 bits per heavy atom. The molecule has 0 spiro atoms. The molecular weight excluding hydrogens is 280 g/mol.